The average molecular weight is 187 g/mol. The van der Waals surface area contributed by atoms with E-state index in [9.17, 15) is 0 Å². The van der Waals surface area contributed by atoms with E-state index in [2.05, 4.69) is 0 Å². The van der Waals surface area contributed by atoms with Gasteiger partial charge in [-0.05, 0) is 0 Å². The molecule has 0 aliphatic carbocycles. The second-order valence-corrected chi connectivity index (χ2v) is 0.848. The number of rotatable bonds is 0. The lowest BCUT2D eigenvalue weighted by Gasteiger charge is -1.72. The summed E-state index contributed by atoms with van der Waals surface area (Å²) in [5.74, 6) is -3.65. The average Bonchev–Trinajstić information content (AvgIpc) is 1.63. The standard InChI is InChI=1S/C2H2O4.HNO3.2H3N/c3-1(4)2(5)6;2-1(3)4;;/h(H,3,4)(H,5,6);(H,2,3,4);2*1H3. The number of aliphatic carboxylic acids is 2. The van der Waals surface area contributed by atoms with Gasteiger partial charge in [0.2, 0.25) is 0 Å². The molecule has 0 heterocycles. The third-order valence-corrected chi connectivity index (χ3v) is 0.183. The fraction of sp³-hybridized carbons (Fsp3) is 0. The summed E-state index contributed by atoms with van der Waals surface area (Å²) >= 11 is 0. The monoisotopic (exact) mass is 187 g/mol. The van der Waals surface area contributed by atoms with Crippen LogP contribution < -0.4 is 12.3 Å². The van der Waals surface area contributed by atoms with E-state index in [1.54, 1.807) is 0 Å². The van der Waals surface area contributed by atoms with E-state index in [0.717, 1.165) is 0 Å². The highest BCUT2D eigenvalue weighted by atomic mass is 16.9. The predicted octanol–water partition coefficient (Wildman–Crippen LogP) is -0.868. The molecule has 0 aliphatic heterocycles. The molecule has 0 fully saturated rings. The molecule has 0 aliphatic rings. The third kappa shape index (κ3) is 94.7. The first-order chi connectivity index (χ1) is 4.37. The van der Waals surface area contributed by atoms with Gasteiger partial charge in [0, 0.05) is 0 Å². The summed E-state index contributed by atoms with van der Waals surface area (Å²) in [6.45, 7) is 0. The summed E-state index contributed by atoms with van der Waals surface area (Å²) < 4.78 is 0. The van der Waals surface area contributed by atoms with Crippen LogP contribution in [-0.2, 0) is 9.59 Å². The molecule has 0 aromatic heterocycles. The second kappa shape index (κ2) is 11.8. The maximum absolute atomic E-state index is 9.10. The van der Waals surface area contributed by atoms with Gasteiger partial charge in [-0.1, -0.05) is 0 Å². The maximum Gasteiger partial charge on any atom is 0.414 e. The molecule has 0 radical (unpaired) electrons. The number of carbonyl (C=O) groups is 2. The van der Waals surface area contributed by atoms with E-state index in [4.69, 9.17) is 35.1 Å². The normalized spacial score (nSPS) is 5.67. The summed E-state index contributed by atoms with van der Waals surface area (Å²) in [6.07, 6.45) is 0. The second-order valence-electron chi connectivity index (χ2n) is 0.848. The van der Waals surface area contributed by atoms with Crippen molar-refractivity contribution >= 4 is 11.9 Å². The van der Waals surface area contributed by atoms with Gasteiger partial charge in [0.05, 0.1) is 0 Å². The van der Waals surface area contributed by atoms with Crippen molar-refractivity contribution in [1.29, 1.82) is 0 Å². The number of hydrogen-bond donors (Lipinski definition) is 5. The summed E-state index contributed by atoms with van der Waals surface area (Å²) in [6, 6.07) is 0. The van der Waals surface area contributed by atoms with Crippen LogP contribution in [0.15, 0.2) is 0 Å². The molecule has 9 N–H and O–H groups in total. The minimum atomic E-state index is -1.82. The predicted molar refractivity (Wildman–Crippen MR) is 34.1 cm³/mol. The Balaban J connectivity index is -0.0000000483. The van der Waals surface area contributed by atoms with Gasteiger partial charge in [-0.15, -0.1) is 10.1 Å². The molecular weight excluding hydrogens is 178 g/mol. The SMILES string of the molecule is N.N.O=C(O)C(=O)O.O=[N+]([O-])O. The maximum atomic E-state index is 9.10. The van der Waals surface area contributed by atoms with Crippen molar-refractivity contribution in [2.75, 3.05) is 0 Å². The fourth-order valence-electron chi connectivity index (χ4n) is 0. The molecule has 74 valence electrons. The molecule has 10 heteroatoms. The molecule has 0 bridgehead atoms. The highest BCUT2D eigenvalue weighted by Gasteiger charge is 2.04. The number of carboxylic acid groups (broad SMARTS) is 2. The van der Waals surface area contributed by atoms with Crippen LogP contribution in [0.4, 0.5) is 0 Å². The van der Waals surface area contributed by atoms with Crippen molar-refractivity contribution in [2.24, 2.45) is 0 Å². The number of carboxylic acids is 2. The molecule has 0 atom stereocenters. The van der Waals surface area contributed by atoms with Crippen molar-refractivity contribution in [3.05, 3.63) is 10.1 Å². The van der Waals surface area contributed by atoms with Crippen LogP contribution in [0.1, 0.15) is 0 Å². The van der Waals surface area contributed by atoms with Crippen LogP contribution in [0.5, 0.6) is 0 Å². The molecule has 0 amide bonds. The van der Waals surface area contributed by atoms with Gasteiger partial charge in [-0.2, -0.15) is 0 Å². The molecular formula is C2H9N3O7. The lowest BCUT2D eigenvalue weighted by Crippen LogP contribution is -2.09. The smallest absolute Gasteiger partial charge is 0.414 e. The molecule has 0 spiro atoms. The Kier molecular flexibility index (Phi) is 22.1. The van der Waals surface area contributed by atoms with Gasteiger partial charge >= 0.3 is 11.9 Å². The van der Waals surface area contributed by atoms with E-state index in [0.29, 0.717) is 0 Å². The lowest BCUT2D eigenvalue weighted by atomic mass is 10.7. The van der Waals surface area contributed by atoms with E-state index in [1.165, 1.54) is 0 Å². The van der Waals surface area contributed by atoms with Gasteiger partial charge in [-0.25, -0.2) is 9.59 Å². The van der Waals surface area contributed by atoms with E-state index in [1.807, 2.05) is 0 Å². The Morgan fingerprint density at radius 3 is 1.17 bits per heavy atom. The van der Waals surface area contributed by atoms with Crippen LogP contribution in [-0.4, -0.2) is 32.4 Å². The van der Waals surface area contributed by atoms with Gasteiger partial charge in [0.1, 0.15) is 0 Å². The number of hydrogen-bond acceptors (Lipinski definition) is 6. The van der Waals surface area contributed by atoms with Crippen LogP contribution in [0.2, 0.25) is 0 Å². The Hall–Kier alpha value is -1.94. The topological polar surface area (TPSA) is 208 Å². The highest BCUT2D eigenvalue weighted by Crippen LogP contribution is 1.56. The molecule has 0 aromatic carbocycles. The van der Waals surface area contributed by atoms with Gasteiger partial charge in [0.15, 0.2) is 0 Å². The van der Waals surface area contributed by atoms with E-state index < -0.39 is 17.0 Å². The molecule has 0 saturated carbocycles. The molecule has 0 unspecified atom stereocenters. The van der Waals surface area contributed by atoms with Crippen LogP contribution >= 0.6 is 0 Å². The molecule has 0 rings (SSSR count). The zero-order chi connectivity index (χ0) is 8.73. The summed E-state index contributed by atoms with van der Waals surface area (Å²) in [4.78, 5) is 26.6. The third-order valence-electron chi connectivity index (χ3n) is 0.183. The van der Waals surface area contributed by atoms with Crippen LogP contribution in [0, 0.1) is 10.1 Å². The van der Waals surface area contributed by atoms with Crippen molar-refractivity contribution in [3.63, 3.8) is 0 Å². The van der Waals surface area contributed by atoms with Crippen molar-refractivity contribution in [1.82, 2.24) is 12.3 Å². The first-order valence-corrected chi connectivity index (χ1v) is 1.67. The molecule has 0 aromatic rings. The van der Waals surface area contributed by atoms with Gasteiger partial charge < -0.3 is 27.7 Å². The van der Waals surface area contributed by atoms with Gasteiger partial charge in [-0.3, -0.25) is 0 Å². The Morgan fingerprint density at radius 2 is 1.17 bits per heavy atom. The summed E-state index contributed by atoms with van der Waals surface area (Å²) in [7, 11) is 0. The largest absolute Gasteiger partial charge is 0.473 e. The minimum absolute atomic E-state index is 0. The zero-order valence-corrected chi connectivity index (χ0v) is 5.84. The zero-order valence-electron chi connectivity index (χ0n) is 5.84. The Bertz CT molecular complexity index is 139. The Labute approximate surface area is 65.7 Å². The van der Waals surface area contributed by atoms with Crippen molar-refractivity contribution in [3.8, 4) is 0 Å². The lowest BCUT2D eigenvalue weighted by molar-refractivity contribution is -0.742. The van der Waals surface area contributed by atoms with Crippen molar-refractivity contribution in [2.45, 2.75) is 0 Å². The van der Waals surface area contributed by atoms with E-state index >= 15 is 0 Å². The molecule has 10 nitrogen and oxygen atoms in total. The molecule has 0 saturated heterocycles. The van der Waals surface area contributed by atoms with E-state index in [-0.39, 0.29) is 12.3 Å². The Morgan fingerprint density at radius 1 is 1.08 bits per heavy atom. The summed E-state index contributed by atoms with van der Waals surface area (Å²) in [5, 5.41) is 28.4. The highest BCUT2D eigenvalue weighted by molar-refractivity contribution is 6.27. The van der Waals surface area contributed by atoms with Crippen LogP contribution in [0.3, 0.4) is 0 Å². The van der Waals surface area contributed by atoms with Crippen molar-refractivity contribution < 1.29 is 30.1 Å². The minimum Gasteiger partial charge on any atom is -0.473 e. The first-order valence-electron chi connectivity index (χ1n) is 1.67. The quantitative estimate of drug-likeness (QED) is 0.181. The fourth-order valence-corrected chi connectivity index (χ4v) is 0. The summed E-state index contributed by atoms with van der Waals surface area (Å²) in [5.41, 5.74) is 0. The molecule has 12 heavy (non-hydrogen) atoms. The van der Waals surface area contributed by atoms with Gasteiger partial charge in [0.25, 0.3) is 5.09 Å². The number of nitrogens with zero attached hydrogens (tertiary/aromatic N) is 1. The first kappa shape index (κ1) is 22.5. The van der Waals surface area contributed by atoms with Crippen LogP contribution in [0.25, 0.3) is 0 Å².